The van der Waals surface area contributed by atoms with Gasteiger partial charge in [-0.25, -0.2) is 18.6 Å². The molecule has 4 rings (SSSR count). The third kappa shape index (κ3) is 4.38. The van der Waals surface area contributed by atoms with Gasteiger partial charge in [0.05, 0.1) is 23.5 Å². The highest BCUT2D eigenvalue weighted by Crippen LogP contribution is 2.37. The van der Waals surface area contributed by atoms with Crippen molar-refractivity contribution in [3.63, 3.8) is 0 Å². The Kier molecular flexibility index (Phi) is 6.36. The molecule has 11 heteroatoms. The van der Waals surface area contributed by atoms with Gasteiger partial charge in [-0.2, -0.15) is 0 Å². The normalized spacial score (nSPS) is 14.9. The molecule has 0 atom stereocenters. The zero-order valence-corrected chi connectivity index (χ0v) is 20.6. The quantitative estimate of drug-likeness (QED) is 0.380. The van der Waals surface area contributed by atoms with E-state index in [-0.39, 0.29) is 34.5 Å². The Morgan fingerprint density at radius 1 is 1.20 bits per heavy atom. The van der Waals surface area contributed by atoms with E-state index in [9.17, 15) is 18.4 Å². The van der Waals surface area contributed by atoms with Crippen LogP contribution in [0.4, 0.5) is 25.8 Å². The Bertz CT molecular complexity index is 1410. The molecule has 1 saturated heterocycles. The standard InChI is InChI=1S/C24H19F2N5O2S2/c1-13-28-12-20(35-13)21(32)29-11-14-5-6-16(10-17(14)25)31-23(34)30(22(33)24(31,2)3)15-7-8-19(27-4)18(26)9-15/h5-10,12H,11H2,1-3H3,(H,29,32). The van der Waals surface area contributed by atoms with E-state index in [0.29, 0.717) is 10.6 Å². The van der Waals surface area contributed by atoms with E-state index in [1.165, 1.54) is 51.6 Å². The molecule has 1 fully saturated rings. The molecule has 178 valence electrons. The van der Waals surface area contributed by atoms with E-state index >= 15 is 0 Å². The number of aryl methyl sites for hydroxylation is 1. The molecular weight excluding hydrogens is 492 g/mol. The van der Waals surface area contributed by atoms with Crippen molar-refractivity contribution in [2.45, 2.75) is 32.9 Å². The molecule has 3 aromatic rings. The number of carbonyl (C=O) groups excluding carboxylic acids is 2. The minimum absolute atomic E-state index is 0.0343. The first-order valence-corrected chi connectivity index (χ1v) is 11.6. The van der Waals surface area contributed by atoms with Gasteiger partial charge in [0.15, 0.2) is 5.11 Å². The van der Waals surface area contributed by atoms with Crippen molar-refractivity contribution in [3.8, 4) is 0 Å². The minimum Gasteiger partial charge on any atom is -0.347 e. The van der Waals surface area contributed by atoms with Crippen LogP contribution in [0.25, 0.3) is 4.85 Å². The van der Waals surface area contributed by atoms with Crippen molar-refractivity contribution in [2.75, 3.05) is 9.80 Å². The molecule has 1 aliphatic heterocycles. The molecule has 0 saturated carbocycles. The maximum Gasteiger partial charge on any atom is 0.263 e. The lowest BCUT2D eigenvalue weighted by Crippen LogP contribution is -2.44. The van der Waals surface area contributed by atoms with Gasteiger partial charge < -0.3 is 10.2 Å². The summed E-state index contributed by atoms with van der Waals surface area (Å²) in [7, 11) is 0. The molecule has 0 bridgehead atoms. The number of nitrogens with one attached hydrogen (secondary N) is 1. The van der Waals surface area contributed by atoms with E-state index in [2.05, 4.69) is 15.1 Å². The smallest absolute Gasteiger partial charge is 0.263 e. The fourth-order valence-electron chi connectivity index (χ4n) is 3.73. The van der Waals surface area contributed by atoms with E-state index in [0.717, 1.165) is 11.1 Å². The molecule has 1 aromatic heterocycles. The highest BCUT2D eigenvalue weighted by atomic mass is 32.1. The second-order valence-electron chi connectivity index (χ2n) is 8.27. The van der Waals surface area contributed by atoms with Crippen LogP contribution in [0.15, 0.2) is 42.6 Å². The second-order valence-corrected chi connectivity index (χ2v) is 9.87. The zero-order valence-electron chi connectivity index (χ0n) is 18.9. The molecule has 0 unspecified atom stereocenters. The summed E-state index contributed by atoms with van der Waals surface area (Å²) in [4.78, 5) is 35.7. The van der Waals surface area contributed by atoms with Crippen molar-refractivity contribution >= 4 is 57.5 Å². The topological polar surface area (TPSA) is 69.9 Å². The summed E-state index contributed by atoms with van der Waals surface area (Å²) in [6, 6.07) is 8.16. The van der Waals surface area contributed by atoms with Gasteiger partial charge in [-0.05, 0) is 57.3 Å². The van der Waals surface area contributed by atoms with Crippen LogP contribution >= 0.6 is 23.6 Å². The molecule has 0 spiro atoms. The van der Waals surface area contributed by atoms with Gasteiger partial charge >= 0.3 is 0 Å². The van der Waals surface area contributed by atoms with Crippen molar-refractivity contribution in [1.29, 1.82) is 0 Å². The number of hydrogen-bond acceptors (Lipinski definition) is 5. The van der Waals surface area contributed by atoms with Crippen LogP contribution in [0.3, 0.4) is 0 Å². The average Bonchev–Trinajstić information content (AvgIpc) is 3.31. The van der Waals surface area contributed by atoms with Crippen LogP contribution in [0.1, 0.15) is 34.1 Å². The predicted octanol–water partition coefficient (Wildman–Crippen LogP) is 5.13. The van der Waals surface area contributed by atoms with Gasteiger partial charge in [-0.1, -0.05) is 12.1 Å². The number of benzene rings is 2. The molecule has 0 aliphatic carbocycles. The Morgan fingerprint density at radius 3 is 2.49 bits per heavy atom. The van der Waals surface area contributed by atoms with Crippen molar-refractivity contribution < 1.29 is 18.4 Å². The summed E-state index contributed by atoms with van der Waals surface area (Å²) in [5.74, 6) is -2.12. The molecule has 1 aliphatic rings. The molecule has 2 amide bonds. The van der Waals surface area contributed by atoms with Crippen LogP contribution in [-0.2, 0) is 11.3 Å². The summed E-state index contributed by atoms with van der Waals surface area (Å²) < 4.78 is 29.2. The third-order valence-corrected chi connectivity index (χ3v) is 6.83. The fourth-order valence-corrected chi connectivity index (χ4v) is 4.95. The largest absolute Gasteiger partial charge is 0.347 e. The van der Waals surface area contributed by atoms with Crippen LogP contribution in [-0.4, -0.2) is 27.4 Å². The number of thiazole rings is 1. The Balaban J connectivity index is 1.58. The number of hydrogen-bond donors (Lipinski definition) is 1. The van der Waals surface area contributed by atoms with Crippen molar-refractivity contribution in [2.24, 2.45) is 0 Å². The average molecular weight is 512 g/mol. The van der Waals surface area contributed by atoms with Gasteiger partial charge in [-0.15, -0.1) is 11.3 Å². The summed E-state index contributed by atoms with van der Waals surface area (Å²) >= 11 is 6.78. The number of thiocarbonyl (C=S) groups is 1. The molecule has 0 radical (unpaired) electrons. The molecule has 7 nitrogen and oxygen atoms in total. The molecule has 2 heterocycles. The maximum absolute atomic E-state index is 15.0. The van der Waals surface area contributed by atoms with E-state index < -0.39 is 23.1 Å². The van der Waals surface area contributed by atoms with Crippen LogP contribution in [0.2, 0.25) is 0 Å². The van der Waals surface area contributed by atoms with E-state index in [1.54, 1.807) is 26.8 Å². The molecule has 1 N–H and O–H groups in total. The summed E-state index contributed by atoms with van der Waals surface area (Å²) in [6.07, 6.45) is 1.47. The number of anilines is 2. The lowest BCUT2D eigenvalue weighted by atomic mass is 10.0. The Hall–Kier alpha value is -3.75. The summed E-state index contributed by atoms with van der Waals surface area (Å²) in [6.45, 7) is 12.0. The first-order valence-electron chi connectivity index (χ1n) is 10.4. The first-order chi connectivity index (χ1) is 16.5. The van der Waals surface area contributed by atoms with E-state index in [1.807, 2.05) is 0 Å². The highest BCUT2D eigenvalue weighted by Gasteiger charge is 2.50. The monoisotopic (exact) mass is 511 g/mol. The number of rotatable bonds is 5. The minimum atomic E-state index is -1.18. The van der Waals surface area contributed by atoms with Gasteiger partial charge in [-0.3, -0.25) is 14.5 Å². The van der Waals surface area contributed by atoms with Gasteiger partial charge in [0, 0.05) is 17.8 Å². The number of nitrogens with zero attached hydrogens (tertiary/aromatic N) is 4. The SMILES string of the molecule is [C-]#[N+]c1ccc(N2C(=O)C(C)(C)N(c3ccc(CNC(=O)c4cnc(C)s4)c(F)c3)C2=S)cc1F. The van der Waals surface area contributed by atoms with Crippen LogP contribution in [0.5, 0.6) is 0 Å². The van der Waals surface area contributed by atoms with Crippen LogP contribution < -0.4 is 15.1 Å². The fraction of sp³-hybridized carbons (Fsp3) is 0.208. The van der Waals surface area contributed by atoms with Gasteiger partial charge in [0.2, 0.25) is 5.69 Å². The maximum atomic E-state index is 15.0. The predicted molar refractivity (Wildman–Crippen MR) is 134 cm³/mol. The molecule has 2 aromatic carbocycles. The third-order valence-electron chi connectivity index (χ3n) is 5.56. The van der Waals surface area contributed by atoms with Gasteiger partial charge in [0.25, 0.3) is 11.8 Å². The number of aromatic nitrogens is 1. The summed E-state index contributed by atoms with van der Waals surface area (Å²) in [5.41, 5.74) is -0.583. The molecule has 35 heavy (non-hydrogen) atoms. The second kappa shape index (κ2) is 9.13. The Morgan fingerprint density at radius 2 is 1.89 bits per heavy atom. The highest BCUT2D eigenvalue weighted by molar-refractivity contribution is 7.81. The lowest BCUT2D eigenvalue weighted by molar-refractivity contribution is -0.120. The number of halogens is 2. The van der Waals surface area contributed by atoms with E-state index in [4.69, 9.17) is 18.8 Å². The zero-order chi connectivity index (χ0) is 25.5. The lowest BCUT2D eigenvalue weighted by Gasteiger charge is -2.29. The first kappa shape index (κ1) is 24.4. The van der Waals surface area contributed by atoms with Crippen molar-refractivity contribution in [1.82, 2.24) is 10.3 Å². The molecular formula is C24H19F2N5O2S2. The van der Waals surface area contributed by atoms with Gasteiger partial charge in [0.1, 0.15) is 22.1 Å². The number of carbonyl (C=O) groups is 2. The Labute approximate surface area is 209 Å². The van der Waals surface area contributed by atoms with Crippen LogP contribution in [0, 0.1) is 25.1 Å². The number of amides is 2. The van der Waals surface area contributed by atoms with Crippen molar-refractivity contribution in [3.05, 3.63) is 81.1 Å². The summed E-state index contributed by atoms with van der Waals surface area (Å²) in [5, 5.41) is 3.47.